The average molecular weight is 380 g/mol. The number of carbonyl (C=O) groups is 1. The molecule has 0 saturated carbocycles. The van der Waals surface area contributed by atoms with Gasteiger partial charge in [0.1, 0.15) is 0 Å². The molecule has 0 N–H and O–H groups in total. The van der Waals surface area contributed by atoms with Crippen molar-refractivity contribution in [2.45, 2.75) is 25.2 Å². The van der Waals surface area contributed by atoms with E-state index in [2.05, 4.69) is 53.4 Å². The standard InChI is InChI=1S/C23H28N2O3/c1-24(17-19-7-9-21(10-8-19)20-5-3-2-4-6-20)18-22(26)25-13-11-23(12-14-25)27-15-16-28-23/h2-10H,11-18H2,1H3. The molecule has 2 fully saturated rings. The zero-order chi connectivity index (χ0) is 19.4. The summed E-state index contributed by atoms with van der Waals surface area (Å²) in [7, 11) is 2.00. The van der Waals surface area contributed by atoms with Gasteiger partial charge in [-0.3, -0.25) is 9.69 Å². The molecule has 1 spiro atoms. The van der Waals surface area contributed by atoms with Gasteiger partial charge in [-0.25, -0.2) is 0 Å². The largest absolute Gasteiger partial charge is 0.347 e. The van der Waals surface area contributed by atoms with Crippen LogP contribution in [0.15, 0.2) is 54.6 Å². The summed E-state index contributed by atoms with van der Waals surface area (Å²) >= 11 is 0. The van der Waals surface area contributed by atoms with Crippen LogP contribution in [0.2, 0.25) is 0 Å². The molecule has 2 heterocycles. The molecule has 5 nitrogen and oxygen atoms in total. The molecule has 2 aromatic rings. The lowest BCUT2D eigenvalue weighted by Gasteiger charge is -2.38. The molecule has 1 amide bonds. The lowest BCUT2D eigenvalue weighted by atomic mass is 10.0. The van der Waals surface area contributed by atoms with Crippen LogP contribution in [-0.2, 0) is 20.8 Å². The topological polar surface area (TPSA) is 42.0 Å². The van der Waals surface area contributed by atoms with Crippen molar-refractivity contribution in [1.82, 2.24) is 9.80 Å². The molecule has 0 atom stereocenters. The van der Waals surface area contributed by atoms with Gasteiger partial charge in [-0.15, -0.1) is 0 Å². The molecule has 2 saturated heterocycles. The number of likely N-dealkylation sites (N-methyl/N-ethyl adjacent to an activating group) is 1. The number of amides is 1. The van der Waals surface area contributed by atoms with Gasteiger partial charge in [-0.05, 0) is 23.7 Å². The maximum atomic E-state index is 12.6. The van der Waals surface area contributed by atoms with E-state index in [0.29, 0.717) is 32.8 Å². The van der Waals surface area contributed by atoms with E-state index in [1.165, 1.54) is 16.7 Å². The van der Waals surface area contributed by atoms with Crippen molar-refractivity contribution in [2.24, 2.45) is 0 Å². The molecule has 0 radical (unpaired) electrons. The summed E-state index contributed by atoms with van der Waals surface area (Å²) in [6.07, 6.45) is 1.53. The Kier molecular flexibility index (Phi) is 5.76. The van der Waals surface area contributed by atoms with Crippen LogP contribution < -0.4 is 0 Å². The van der Waals surface area contributed by atoms with Crippen LogP contribution in [0, 0.1) is 0 Å². The van der Waals surface area contributed by atoms with E-state index in [-0.39, 0.29) is 5.91 Å². The number of nitrogens with zero attached hydrogens (tertiary/aromatic N) is 2. The monoisotopic (exact) mass is 380 g/mol. The molecule has 2 aromatic carbocycles. The number of hydrogen-bond donors (Lipinski definition) is 0. The van der Waals surface area contributed by atoms with Crippen LogP contribution in [0.25, 0.3) is 11.1 Å². The summed E-state index contributed by atoms with van der Waals surface area (Å²) in [5.74, 6) is -0.250. The normalized spacial score (nSPS) is 18.7. The van der Waals surface area contributed by atoms with E-state index in [9.17, 15) is 4.79 Å². The lowest BCUT2D eigenvalue weighted by molar-refractivity contribution is -0.187. The molecule has 5 heteroatoms. The molecular weight excluding hydrogens is 352 g/mol. The number of piperidine rings is 1. The molecule has 28 heavy (non-hydrogen) atoms. The van der Waals surface area contributed by atoms with Gasteiger partial charge in [0.25, 0.3) is 0 Å². The molecule has 4 rings (SSSR count). The SMILES string of the molecule is CN(CC(=O)N1CCC2(CC1)OCCO2)Cc1ccc(-c2ccccc2)cc1. The van der Waals surface area contributed by atoms with Gasteiger partial charge in [-0.2, -0.15) is 0 Å². The van der Waals surface area contributed by atoms with Gasteiger partial charge in [0.05, 0.1) is 19.8 Å². The van der Waals surface area contributed by atoms with Crippen molar-refractivity contribution in [3.8, 4) is 11.1 Å². The van der Waals surface area contributed by atoms with Crippen LogP contribution >= 0.6 is 0 Å². The van der Waals surface area contributed by atoms with Crippen molar-refractivity contribution in [1.29, 1.82) is 0 Å². The minimum absolute atomic E-state index is 0.177. The molecule has 2 aliphatic heterocycles. The van der Waals surface area contributed by atoms with Crippen molar-refractivity contribution in [3.63, 3.8) is 0 Å². The van der Waals surface area contributed by atoms with Crippen molar-refractivity contribution in [2.75, 3.05) is 39.9 Å². The van der Waals surface area contributed by atoms with E-state index in [1.807, 2.05) is 18.0 Å². The highest BCUT2D eigenvalue weighted by Crippen LogP contribution is 2.31. The number of rotatable bonds is 5. The smallest absolute Gasteiger partial charge is 0.236 e. The maximum Gasteiger partial charge on any atom is 0.236 e. The number of carbonyl (C=O) groups excluding carboxylic acids is 1. The maximum absolute atomic E-state index is 12.6. The number of likely N-dealkylation sites (tertiary alicyclic amines) is 1. The molecule has 0 unspecified atom stereocenters. The summed E-state index contributed by atoms with van der Waals surface area (Å²) in [6.45, 7) is 3.93. The predicted octanol–water partition coefficient (Wildman–Crippen LogP) is 3.15. The Hall–Kier alpha value is -2.21. The van der Waals surface area contributed by atoms with Crippen LogP contribution in [-0.4, -0.2) is 61.4 Å². The minimum atomic E-state index is -0.427. The molecule has 0 aliphatic carbocycles. The number of ether oxygens (including phenoxy) is 2. The molecule has 148 valence electrons. The van der Waals surface area contributed by atoms with Gasteiger partial charge in [0.15, 0.2) is 5.79 Å². The number of benzene rings is 2. The highest BCUT2D eigenvalue weighted by atomic mass is 16.7. The molecular formula is C23H28N2O3. The first-order valence-electron chi connectivity index (χ1n) is 10.0. The van der Waals surface area contributed by atoms with Gasteiger partial charge in [0.2, 0.25) is 5.91 Å². The summed E-state index contributed by atoms with van der Waals surface area (Å²) in [4.78, 5) is 16.7. The van der Waals surface area contributed by atoms with E-state index < -0.39 is 5.79 Å². The van der Waals surface area contributed by atoms with E-state index in [0.717, 1.165) is 19.4 Å². The fourth-order valence-electron chi connectivity index (χ4n) is 4.01. The first-order chi connectivity index (χ1) is 13.6. The van der Waals surface area contributed by atoms with Crippen LogP contribution in [0.3, 0.4) is 0 Å². The van der Waals surface area contributed by atoms with Crippen LogP contribution in [0.1, 0.15) is 18.4 Å². The van der Waals surface area contributed by atoms with Gasteiger partial charge < -0.3 is 14.4 Å². The summed E-state index contributed by atoms with van der Waals surface area (Å²) in [6, 6.07) is 18.9. The second kappa shape index (κ2) is 8.43. The van der Waals surface area contributed by atoms with E-state index in [1.54, 1.807) is 0 Å². The molecule has 2 aliphatic rings. The molecule has 0 bridgehead atoms. The third kappa shape index (κ3) is 4.43. The zero-order valence-corrected chi connectivity index (χ0v) is 16.5. The first-order valence-corrected chi connectivity index (χ1v) is 10.0. The first kappa shape index (κ1) is 19.1. The number of hydrogen-bond acceptors (Lipinski definition) is 4. The third-order valence-corrected chi connectivity index (χ3v) is 5.61. The van der Waals surface area contributed by atoms with E-state index >= 15 is 0 Å². The quantitative estimate of drug-likeness (QED) is 0.799. The summed E-state index contributed by atoms with van der Waals surface area (Å²) < 4.78 is 11.5. The Morgan fingerprint density at radius 2 is 1.57 bits per heavy atom. The lowest BCUT2D eigenvalue weighted by Crippen LogP contribution is -2.49. The Morgan fingerprint density at radius 1 is 0.964 bits per heavy atom. The summed E-state index contributed by atoms with van der Waals surface area (Å²) in [5, 5.41) is 0. The summed E-state index contributed by atoms with van der Waals surface area (Å²) in [5.41, 5.74) is 3.64. The van der Waals surface area contributed by atoms with Gasteiger partial charge >= 0.3 is 0 Å². The highest BCUT2D eigenvalue weighted by molar-refractivity contribution is 5.78. The predicted molar refractivity (Wildman–Crippen MR) is 109 cm³/mol. The highest BCUT2D eigenvalue weighted by Gasteiger charge is 2.40. The zero-order valence-electron chi connectivity index (χ0n) is 16.5. The van der Waals surface area contributed by atoms with E-state index in [4.69, 9.17) is 9.47 Å². The minimum Gasteiger partial charge on any atom is -0.347 e. The second-order valence-electron chi connectivity index (χ2n) is 7.72. The Labute approximate surface area is 166 Å². The van der Waals surface area contributed by atoms with Crippen molar-refractivity contribution < 1.29 is 14.3 Å². The van der Waals surface area contributed by atoms with Crippen molar-refractivity contribution in [3.05, 3.63) is 60.2 Å². The van der Waals surface area contributed by atoms with Gasteiger partial charge in [-0.1, -0.05) is 54.6 Å². The van der Waals surface area contributed by atoms with Crippen LogP contribution in [0.5, 0.6) is 0 Å². The Balaban J connectivity index is 1.27. The van der Waals surface area contributed by atoms with Crippen molar-refractivity contribution >= 4 is 5.91 Å². The Morgan fingerprint density at radius 3 is 2.21 bits per heavy atom. The van der Waals surface area contributed by atoms with Gasteiger partial charge in [0, 0.05) is 32.5 Å². The average Bonchev–Trinajstić information content (AvgIpc) is 3.17. The Bertz CT molecular complexity index is 775. The second-order valence-corrected chi connectivity index (χ2v) is 7.72. The van der Waals surface area contributed by atoms with Crippen LogP contribution in [0.4, 0.5) is 0 Å². The fourth-order valence-corrected chi connectivity index (χ4v) is 4.01. The molecule has 0 aromatic heterocycles. The third-order valence-electron chi connectivity index (χ3n) is 5.61. The fraction of sp³-hybridized carbons (Fsp3) is 0.435.